The van der Waals surface area contributed by atoms with Gasteiger partial charge < -0.3 is 28.7 Å². The number of rotatable bonds is 5. The second-order valence-corrected chi connectivity index (χ2v) is 11.4. The average Bonchev–Trinajstić information content (AvgIpc) is 3.68. The molecule has 1 saturated heterocycles. The zero-order valence-corrected chi connectivity index (χ0v) is 27.9. The minimum absolute atomic E-state index is 0.00294. The normalized spacial score (nSPS) is 14.8. The summed E-state index contributed by atoms with van der Waals surface area (Å²) in [5, 5.41) is 4.95. The van der Waals surface area contributed by atoms with E-state index >= 15 is 0 Å². The summed E-state index contributed by atoms with van der Waals surface area (Å²) in [7, 11) is 0. The van der Waals surface area contributed by atoms with Crippen LogP contribution in [-0.4, -0.2) is 47.1 Å². The fourth-order valence-electron chi connectivity index (χ4n) is 5.37. The highest BCUT2D eigenvalue weighted by atomic mass is 16.5. The van der Waals surface area contributed by atoms with E-state index in [2.05, 4.69) is 53.5 Å². The van der Waals surface area contributed by atoms with Crippen LogP contribution in [-0.2, 0) is 9.53 Å². The maximum Gasteiger partial charge on any atom is 0.229 e. The molecule has 240 valence electrons. The van der Waals surface area contributed by atoms with Crippen LogP contribution in [0.5, 0.6) is 0 Å². The fraction of sp³-hybridized carbons (Fsp3) is 0.543. The summed E-state index contributed by atoms with van der Waals surface area (Å²) in [6.07, 6.45) is 8.88. The van der Waals surface area contributed by atoms with E-state index < -0.39 is 0 Å². The van der Waals surface area contributed by atoms with Crippen molar-refractivity contribution in [1.82, 2.24) is 14.5 Å². The van der Waals surface area contributed by atoms with Crippen molar-refractivity contribution in [1.29, 1.82) is 0 Å². The Bertz CT molecular complexity index is 1550. The van der Waals surface area contributed by atoms with Gasteiger partial charge in [-0.3, -0.25) is 4.79 Å². The number of hydrogen-bond donors (Lipinski definition) is 1. The lowest BCUT2D eigenvalue weighted by Crippen LogP contribution is -2.37. The van der Waals surface area contributed by atoms with Gasteiger partial charge in [0.25, 0.3) is 0 Å². The van der Waals surface area contributed by atoms with Gasteiger partial charge in [-0.2, -0.15) is 4.98 Å². The molecule has 3 aromatic heterocycles. The number of anilines is 3. The van der Waals surface area contributed by atoms with Crippen molar-refractivity contribution >= 4 is 45.8 Å². The summed E-state index contributed by atoms with van der Waals surface area (Å²) in [6.45, 7) is 18.7. The Hall–Kier alpha value is -3.72. The highest BCUT2D eigenvalue weighted by Crippen LogP contribution is 2.34. The van der Waals surface area contributed by atoms with Crippen molar-refractivity contribution in [3.8, 4) is 0 Å². The molecule has 9 nitrogen and oxygen atoms in total. The Balaban J connectivity index is 0.000000469. The van der Waals surface area contributed by atoms with Crippen molar-refractivity contribution in [2.75, 3.05) is 36.5 Å². The summed E-state index contributed by atoms with van der Waals surface area (Å²) in [5.74, 6) is 2.04. The number of ether oxygens (including phenoxy) is 1. The van der Waals surface area contributed by atoms with Crippen molar-refractivity contribution in [3.05, 3.63) is 51.9 Å². The first-order valence-electron chi connectivity index (χ1n) is 16.2. The van der Waals surface area contributed by atoms with E-state index in [0.29, 0.717) is 60.7 Å². The Morgan fingerprint density at radius 1 is 1.09 bits per heavy atom. The minimum atomic E-state index is -0.00294. The number of hydrogen-bond acceptors (Lipinski definition) is 8. The number of aryl methyl sites for hydroxylation is 1. The van der Waals surface area contributed by atoms with Gasteiger partial charge in [0.2, 0.25) is 11.8 Å². The van der Waals surface area contributed by atoms with E-state index in [1.54, 1.807) is 0 Å². The van der Waals surface area contributed by atoms with Gasteiger partial charge in [-0.25, -0.2) is 4.98 Å². The van der Waals surface area contributed by atoms with Crippen molar-refractivity contribution in [3.63, 3.8) is 0 Å². The van der Waals surface area contributed by atoms with Crippen molar-refractivity contribution in [2.45, 2.75) is 93.5 Å². The van der Waals surface area contributed by atoms with E-state index in [9.17, 15) is 4.79 Å². The number of nitrogens with zero attached hydrogens (tertiary/aromatic N) is 4. The third-order valence-corrected chi connectivity index (χ3v) is 7.92. The summed E-state index contributed by atoms with van der Waals surface area (Å²) < 4.78 is 14.1. The molecular weight excluding hydrogens is 554 g/mol. The number of fused-ring (bicyclic) bond motifs is 2. The Morgan fingerprint density at radius 3 is 2.34 bits per heavy atom. The molecular formula is C35H51N5O4. The Morgan fingerprint density at radius 2 is 1.73 bits per heavy atom. The average molecular weight is 606 g/mol. The highest BCUT2D eigenvalue weighted by molar-refractivity contribution is 5.84. The Labute approximate surface area is 262 Å². The Kier molecular flexibility index (Phi) is 13.4. The van der Waals surface area contributed by atoms with Gasteiger partial charge in [0.15, 0.2) is 5.43 Å². The molecule has 0 spiro atoms. The largest absolute Gasteiger partial charge is 0.440 e. The third-order valence-electron chi connectivity index (χ3n) is 7.92. The first-order valence-corrected chi connectivity index (χ1v) is 16.2. The van der Waals surface area contributed by atoms with Crippen LogP contribution in [0.15, 0.2) is 39.7 Å². The predicted molar refractivity (Wildman–Crippen MR) is 182 cm³/mol. The van der Waals surface area contributed by atoms with E-state index in [0.717, 1.165) is 28.9 Å². The van der Waals surface area contributed by atoms with Crippen LogP contribution in [0.3, 0.4) is 0 Å². The van der Waals surface area contributed by atoms with Crippen LogP contribution >= 0.6 is 0 Å². The predicted octanol–water partition coefficient (Wildman–Crippen LogP) is 8.13. The second kappa shape index (κ2) is 16.9. The van der Waals surface area contributed by atoms with Gasteiger partial charge in [0.1, 0.15) is 17.5 Å². The number of aromatic nitrogens is 3. The SMILES string of the molecule is CC.CC=O.CCC(C)C.Cc1c(N2CCOCC2)oc2cc(Nc3ncc4cc(C)n(C5CCCC5)c4n3)ccc2c1=O. The maximum atomic E-state index is 13.0. The van der Waals surface area contributed by atoms with Crippen LogP contribution < -0.4 is 15.6 Å². The van der Waals surface area contributed by atoms with Gasteiger partial charge in [-0.15, -0.1) is 0 Å². The maximum absolute atomic E-state index is 13.0. The number of nitrogens with one attached hydrogen (secondary N) is 1. The van der Waals surface area contributed by atoms with Crippen LogP contribution in [0.25, 0.3) is 22.0 Å². The van der Waals surface area contributed by atoms with Gasteiger partial charge in [-0.1, -0.05) is 53.9 Å². The molecule has 44 heavy (non-hydrogen) atoms. The molecule has 0 amide bonds. The summed E-state index contributed by atoms with van der Waals surface area (Å²) >= 11 is 0. The van der Waals surface area contributed by atoms with Gasteiger partial charge >= 0.3 is 0 Å². The lowest BCUT2D eigenvalue weighted by Gasteiger charge is -2.28. The zero-order valence-electron chi connectivity index (χ0n) is 27.9. The second-order valence-electron chi connectivity index (χ2n) is 11.4. The molecule has 9 heteroatoms. The van der Waals surface area contributed by atoms with E-state index in [-0.39, 0.29) is 5.43 Å². The van der Waals surface area contributed by atoms with Crippen LogP contribution in [0, 0.1) is 19.8 Å². The van der Waals surface area contributed by atoms with Crippen LogP contribution in [0.2, 0.25) is 0 Å². The molecule has 2 aliphatic rings. The number of benzene rings is 1. The lowest BCUT2D eigenvalue weighted by molar-refractivity contribution is -0.106. The van der Waals surface area contributed by atoms with E-state index in [1.165, 1.54) is 44.7 Å². The first-order chi connectivity index (χ1) is 21.3. The summed E-state index contributed by atoms with van der Waals surface area (Å²) in [4.78, 5) is 33.3. The molecule has 1 N–H and O–H groups in total. The van der Waals surface area contributed by atoms with Gasteiger partial charge in [0, 0.05) is 48.2 Å². The van der Waals surface area contributed by atoms with E-state index in [1.807, 2.05) is 45.2 Å². The molecule has 4 aromatic rings. The van der Waals surface area contributed by atoms with Crippen molar-refractivity contribution < 1.29 is 13.9 Å². The highest BCUT2D eigenvalue weighted by Gasteiger charge is 2.22. The number of aldehydes is 1. The minimum Gasteiger partial charge on any atom is -0.440 e. The molecule has 0 bridgehead atoms. The molecule has 0 atom stereocenters. The first kappa shape index (κ1) is 34.8. The quantitative estimate of drug-likeness (QED) is 0.228. The molecule has 1 aliphatic carbocycles. The van der Waals surface area contributed by atoms with Crippen LogP contribution in [0.4, 0.5) is 17.5 Å². The van der Waals surface area contributed by atoms with Gasteiger partial charge in [-0.05, 0) is 57.7 Å². The molecule has 0 unspecified atom stereocenters. The zero-order chi connectivity index (χ0) is 32.2. The molecule has 2 fully saturated rings. The topological polar surface area (TPSA) is 102 Å². The fourth-order valence-corrected chi connectivity index (χ4v) is 5.37. The smallest absolute Gasteiger partial charge is 0.229 e. The molecule has 1 aliphatic heterocycles. The van der Waals surface area contributed by atoms with Crippen LogP contribution in [0.1, 0.15) is 90.9 Å². The standard InChI is InChI=1S/C26H29N5O3.C5H12.C2H4O.C2H6/c1-16-13-18-15-27-26(29-24(18)31(16)20-5-3-4-6-20)28-19-7-8-21-22(14-19)34-25(17(2)23(21)32)30-9-11-33-12-10-30;1-4-5(2)3;1-2-3;1-2/h7-8,13-15,20H,3-6,9-12H2,1-2H3,(H,27,28,29);5H,4H2,1-3H3;2H,1H3;1-2H3. The third kappa shape index (κ3) is 8.46. The number of carbonyl (C=O) groups excluding carboxylic acids is 1. The molecule has 6 rings (SSSR count). The van der Waals surface area contributed by atoms with Crippen molar-refractivity contribution in [2.24, 2.45) is 5.92 Å². The molecule has 1 aromatic carbocycles. The van der Waals surface area contributed by atoms with Gasteiger partial charge in [0.05, 0.1) is 24.2 Å². The monoisotopic (exact) mass is 605 g/mol. The summed E-state index contributed by atoms with van der Waals surface area (Å²) in [5.41, 5.74) is 4.16. The number of carbonyl (C=O) groups is 1. The molecule has 0 radical (unpaired) electrons. The summed E-state index contributed by atoms with van der Waals surface area (Å²) in [6, 6.07) is 8.22. The van der Waals surface area contributed by atoms with E-state index in [4.69, 9.17) is 18.9 Å². The molecule has 1 saturated carbocycles. The number of morpholine rings is 1. The lowest BCUT2D eigenvalue weighted by atomic mass is 10.1. The molecule has 4 heterocycles.